The fourth-order valence-electron chi connectivity index (χ4n) is 2.83. The van der Waals surface area contributed by atoms with E-state index < -0.39 is 0 Å². The van der Waals surface area contributed by atoms with Crippen LogP contribution < -0.4 is 0 Å². The van der Waals surface area contributed by atoms with Gasteiger partial charge < -0.3 is 0 Å². The molecule has 0 saturated heterocycles. The van der Waals surface area contributed by atoms with Crippen molar-refractivity contribution in [2.45, 2.75) is 52.4 Å². The first kappa shape index (κ1) is 13.3. The largest absolute Gasteiger partial charge is 0.299 e. The van der Waals surface area contributed by atoms with Gasteiger partial charge in [-0.3, -0.25) is 9.78 Å². The summed E-state index contributed by atoms with van der Waals surface area (Å²) < 4.78 is 0. The Balaban J connectivity index is 1.90. The number of carbonyl (C=O) groups excluding carboxylic acids is 1. The zero-order chi connectivity index (χ0) is 13.0. The normalized spacial score (nSPS) is 23.2. The molecule has 0 aromatic carbocycles. The fourth-order valence-corrected chi connectivity index (χ4v) is 2.83. The summed E-state index contributed by atoms with van der Waals surface area (Å²) in [5, 5.41) is 0. The molecule has 2 unspecified atom stereocenters. The average Bonchev–Trinajstić information content (AvgIpc) is 2.88. The molecule has 2 heteroatoms. The highest BCUT2D eigenvalue weighted by Gasteiger charge is 2.28. The minimum absolute atomic E-state index is 0.294. The summed E-state index contributed by atoms with van der Waals surface area (Å²) in [7, 11) is 0. The van der Waals surface area contributed by atoms with E-state index in [1.54, 1.807) is 0 Å². The lowest BCUT2D eigenvalue weighted by atomic mass is 9.96. The summed E-state index contributed by atoms with van der Waals surface area (Å²) in [5.41, 5.74) is 2.16. The highest BCUT2D eigenvalue weighted by atomic mass is 16.1. The maximum Gasteiger partial charge on any atom is 0.141 e. The van der Waals surface area contributed by atoms with Crippen molar-refractivity contribution < 1.29 is 4.79 Å². The fraction of sp³-hybridized carbons (Fsp3) is 0.625. The van der Waals surface area contributed by atoms with Gasteiger partial charge in [-0.1, -0.05) is 26.3 Å². The molecule has 98 valence electrons. The van der Waals surface area contributed by atoms with E-state index in [0.717, 1.165) is 30.9 Å². The van der Waals surface area contributed by atoms with Gasteiger partial charge in [-0.25, -0.2) is 0 Å². The predicted molar refractivity (Wildman–Crippen MR) is 73.4 cm³/mol. The number of carbonyl (C=O) groups is 1. The lowest BCUT2D eigenvalue weighted by Crippen LogP contribution is -2.15. The molecule has 1 saturated carbocycles. The van der Waals surface area contributed by atoms with Crippen LogP contribution in [0.15, 0.2) is 18.3 Å². The molecule has 18 heavy (non-hydrogen) atoms. The van der Waals surface area contributed by atoms with Gasteiger partial charge in [-0.2, -0.15) is 0 Å². The third kappa shape index (κ3) is 3.18. The zero-order valence-electron chi connectivity index (χ0n) is 11.5. The van der Waals surface area contributed by atoms with Gasteiger partial charge in [0.15, 0.2) is 0 Å². The van der Waals surface area contributed by atoms with Gasteiger partial charge in [-0.05, 0) is 43.2 Å². The van der Waals surface area contributed by atoms with Crippen LogP contribution in [0.3, 0.4) is 0 Å². The molecule has 1 aromatic rings. The van der Waals surface area contributed by atoms with Crippen LogP contribution >= 0.6 is 0 Å². The number of ketones is 1. The van der Waals surface area contributed by atoms with E-state index in [9.17, 15) is 4.79 Å². The van der Waals surface area contributed by atoms with E-state index in [-0.39, 0.29) is 0 Å². The Kier molecular flexibility index (Phi) is 4.51. The second kappa shape index (κ2) is 6.12. The summed E-state index contributed by atoms with van der Waals surface area (Å²) in [5.74, 6) is 1.46. The molecule has 0 radical (unpaired) electrons. The molecule has 2 nitrogen and oxygen atoms in total. The van der Waals surface area contributed by atoms with E-state index >= 15 is 0 Å². The Morgan fingerprint density at radius 1 is 1.33 bits per heavy atom. The SMILES string of the molecule is CCc1ccc(CC(=O)C2CCC(CC)C2)nc1. The van der Waals surface area contributed by atoms with Gasteiger partial charge in [0.25, 0.3) is 0 Å². The summed E-state index contributed by atoms with van der Waals surface area (Å²) >= 11 is 0. The number of Topliss-reactive ketones (excluding diaryl/α,β-unsaturated/α-hetero) is 1. The third-order valence-electron chi connectivity index (χ3n) is 4.22. The van der Waals surface area contributed by atoms with Crippen molar-refractivity contribution >= 4 is 5.78 Å². The molecule has 1 aliphatic rings. The van der Waals surface area contributed by atoms with Gasteiger partial charge in [0.1, 0.15) is 5.78 Å². The zero-order valence-corrected chi connectivity index (χ0v) is 11.5. The Labute approximate surface area is 110 Å². The molecule has 1 aliphatic carbocycles. The maximum atomic E-state index is 12.2. The van der Waals surface area contributed by atoms with Crippen LogP contribution in [-0.4, -0.2) is 10.8 Å². The molecule has 0 bridgehead atoms. The van der Waals surface area contributed by atoms with Gasteiger partial charge in [0.05, 0.1) is 0 Å². The lowest BCUT2D eigenvalue weighted by molar-refractivity contribution is -0.122. The number of rotatable bonds is 5. The van der Waals surface area contributed by atoms with Crippen LogP contribution in [0.5, 0.6) is 0 Å². The minimum Gasteiger partial charge on any atom is -0.299 e. The van der Waals surface area contributed by atoms with E-state index in [0.29, 0.717) is 18.1 Å². The average molecular weight is 245 g/mol. The van der Waals surface area contributed by atoms with Crippen molar-refractivity contribution in [2.24, 2.45) is 11.8 Å². The number of nitrogens with zero attached hydrogens (tertiary/aromatic N) is 1. The van der Waals surface area contributed by atoms with Crippen LogP contribution in [-0.2, 0) is 17.6 Å². The van der Waals surface area contributed by atoms with Crippen LogP contribution in [0.25, 0.3) is 0 Å². The van der Waals surface area contributed by atoms with Crippen molar-refractivity contribution in [3.63, 3.8) is 0 Å². The minimum atomic E-state index is 0.294. The molecule has 1 heterocycles. The molecule has 2 rings (SSSR count). The number of aromatic nitrogens is 1. The standard InChI is InChI=1S/C16H23NO/c1-3-12-5-7-14(9-12)16(18)10-15-8-6-13(4-2)11-17-15/h6,8,11-12,14H,3-5,7,9-10H2,1-2H3. The Morgan fingerprint density at radius 2 is 2.17 bits per heavy atom. The summed E-state index contributed by atoms with van der Waals surface area (Å²) in [6.45, 7) is 4.34. The van der Waals surface area contributed by atoms with Crippen molar-refractivity contribution in [2.75, 3.05) is 0 Å². The molecule has 0 N–H and O–H groups in total. The predicted octanol–water partition coefficient (Wildman–Crippen LogP) is 3.58. The topological polar surface area (TPSA) is 30.0 Å². The van der Waals surface area contributed by atoms with Gasteiger partial charge >= 0.3 is 0 Å². The van der Waals surface area contributed by atoms with Crippen molar-refractivity contribution in [3.8, 4) is 0 Å². The molecule has 0 amide bonds. The van der Waals surface area contributed by atoms with Crippen molar-refractivity contribution in [1.82, 2.24) is 4.98 Å². The van der Waals surface area contributed by atoms with Gasteiger partial charge in [0.2, 0.25) is 0 Å². The molecule has 0 spiro atoms. The summed E-state index contributed by atoms with van der Waals surface area (Å²) in [4.78, 5) is 16.6. The number of hydrogen-bond donors (Lipinski definition) is 0. The Hall–Kier alpha value is -1.18. The highest BCUT2D eigenvalue weighted by Crippen LogP contribution is 2.33. The summed E-state index contributed by atoms with van der Waals surface area (Å²) in [6, 6.07) is 4.09. The van der Waals surface area contributed by atoms with Crippen molar-refractivity contribution in [1.29, 1.82) is 0 Å². The third-order valence-corrected chi connectivity index (χ3v) is 4.22. The Morgan fingerprint density at radius 3 is 2.72 bits per heavy atom. The lowest BCUT2D eigenvalue weighted by Gasteiger charge is -2.09. The Bertz CT molecular complexity index is 396. The molecule has 1 aromatic heterocycles. The molecular weight excluding hydrogens is 222 g/mol. The van der Waals surface area contributed by atoms with Crippen LogP contribution in [0, 0.1) is 11.8 Å². The number of aryl methyl sites for hydroxylation is 1. The smallest absolute Gasteiger partial charge is 0.141 e. The first-order valence-corrected chi connectivity index (χ1v) is 7.19. The number of hydrogen-bond acceptors (Lipinski definition) is 2. The van der Waals surface area contributed by atoms with Crippen LogP contribution in [0.4, 0.5) is 0 Å². The quantitative estimate of drug-likeness (QED) is 0.793. The van der Waals surface area contributed by atoms with E-state index in [1.807, 2.05) is 12.3 Å². The van der Waals surface area contributed by atoms with Crippen LogP contribution in [0.1, 0.15) is 50.8 Å². The second-order valence-electron chi connectivity index (χ2n) is 5.44. The van der Waals surface area contributed by atoms with E-state index in [4.69, 9.17) is 0 Å². The van der Waals surface area contributed by atoms with Crippen LogP contribution in [0.2, 0.25) is 0 Å². The number of pyridine rings is 1. The van der Waals surface area contributed by atoms with Gasteiger partial charge in [0, 0.05) is 24.2 Å². The van der Waals surface area contributed by atoms with E-state index in [1.165, 1.54) is 18.4 Å². The second-order valence-corrected chi connectivity index (χ2v) is 5.44. The summed E-state index contributed by atoms with van der Waals surface area (Å²) in [6.07, 6.45) is 8.05. The first-order valence-electron chi connectivity index (χ1n) is 7.19. The molecular formula is C16H23NO. The first-order chi connectivity index (χ1) is 8.72. The molecule has 2 atom stereocenters. The molecule has 0 aliphatic heterocycles. The monoisotopic (exact) mass is 245 g/mol. The van der Waals surface area contributed by atoms with E-state index in [2.05, 4.69) is 24.9 Å². The van der Waals surface area contributed by atoms with Crippen molar-refractivity contribution in [3.05, 3.63) is 29.6 Å². The van der Waals surface area contributed by atoms with Gasteiger partial charge in [-0.15, -0.1) is 0 Å². The molecule has 1 fully saturated rings. The maximum absolute atomic E-state index is 12.2. The highest BCUT2D eigenvalue weighted by molar-refractivity contribution is 5.83.